The standard InChI is InChI=1S/C5H10O5.C5H10O2.C4H5N3O/c6-1-3(8)5(10)4(9)2-7;1-2-3-4-5(6)7;5-3-1-2-6-4(8)7-3/h1,3-5,7-10H,2H2;2-4H2,1H3,(H,6,7);1-2H,(H3,5,6,7,8). The molecule has 25 heavy (non-hydrogen) atoms. The van der Waals surface area contributed by atoms with Gasteiger partial charge in [0.1, 0.15) is 24.1 Å². The van der Waals surface area contributed by atoms with Crippen LogP contribution >= 0.6 is 0 Å². The maximum atomic E-state index is 10.2. The third-order valence-electron chi connectivity index (χ3n) is 2.51. The Bertz CT molecular complexity index is 537. The predicted molar refractivity (Wildman–Crippen MR) is 87.6 cm³/mol. The van der Waals surface area contributed by atoms with Gasteiger partial charge >= 0.3 is 11.7 Å². The second kappa shape index (κ2) is 15.2. The number of anilines is 1. The van der Waals surface area contributed by atoms with Crippen LogP contribution in [0.2, 0.25) is 0 Å². The molecule has 0 saturated heterocycles. The van der Waals surface area contributed by atoms with Crippen LogP contribution in [0.5, 0.6) is 0 Å². The number of hydrogen-bond acceptors (Lipinski definition) is 9. The molecule has 0 amide bonds. The average Bonchev–Trinajstić information content (AvgIpc) is 2.58. The van der Waals surface area contributed by atoms with Crippen molar-refractivity contribution in [2.75, 3.05) is 12.3 Å². The first-order chi connectivity index (χ1) is 11.7. The molecule has 1 aromatic rings. The Morgan fingerprint density at radius 1 is 1.40 bits per heavy atom. The van der Waals surface area contributed by atoms with Gasteiger partial charge in [-0.25, -0.2) is 9.78 Å². The van der Waals surface area contributed by atoms with E-state index in [9.17, 15) is 14.4 Å². The molecule has 0 aromatic carbocycles. The molecular weight excluding hydrogens is 338 g/mol. The molecule has 1 rings (SSSR count). The number of nitrogens with zero attached hydrogens (tertiary/aromatic N) is 1. The number of aliphatic hydroxyl groups excluding tert-OH is 4. The molecule has 0 aliphatic heterocycles. The number of hydrogen-bond donors (Lipinski definition) is 7. The lowest BCUT2D eigenvalue weighted by atomic mass is 10.1. The van der Waals surface area contributed by atoms with E-state index in [4.69, 9.17) is 31.3 Å². The Balaban J connectivity index is 0. The Hall–Kier alpha value is -2.34. The predicted octanol–water partition coefficient (Wildman–Crippen LogP) is -2.13. The molecule has 3 unspecified atom stereocenters. The third-order valence-corrected chi connectivity index (χ3v) is 2.51. The summed E-state index contributed by atoms with van der Waals surface area (Å²) in [6.45, 7) is 1.29. The zero-order chi connectivity index (χ0) is 19.8. The number of rotatable bonds is 7. The lowest BCUT2D eigenvalue weighted by molar-refractivity contribution is -0.137. The molecule has 1 heterocycles. The Morgan fingerprint density at radius 3 is 2.28 bits per heavy atom. The Kier molecular flexibility index (Phi) is 15.1. The number of carboxylic acids is 1. The third kappa shape index (κ3) is 15.0. The number of carbonyl (C=O) groups is 2. The SMILES string of the molecule is CCCCC(=O)O.Nc1ccnc(=O)[nH]1.O=CC(O)C(O)C(O)CO. The van der Waals surface area contributed by atoms with Gasteiger partial charge in [0, 0.05) is 12.6 Å². The van der Waals surface area contributed by atoms with Gasteiger partial charge in [-0.2, -0.15) is 0 Å². The van der Waals surface area contributed by atoms with Crippen molar-refractivity contribution in [1.82, 2.24) is 9.97 Å². The second-order valence-electron chi connectivity index (χ2n) is 4.69. The fraction of sp³-hybridized carbons (Fsp3) is 0.571. The molecular formula is C14H25N3O8. The van der Waals surface area contributed by atoms with Crippen LogP contribution in [0, 0.1) is 0 Å². The molecule has 1 aromatic heterocycles. The van der Waals surface area contributed by atoms with Gasteiger partial charge in [0.05, 0.1) is 6.61 Å². The fourth-order valence-electron chi connectivity index (χ4n) is 1.13. The van der Waals surface area contributed by atoms with Crippen LogP contribution in [0.15, 0.2) is 17.1 Å². The topological polar surface area (TPSA) is 207 Å². The number of aliphatic hydroxyl groups is 4. The molecule has 144 valence electrons. The first kappa shape index (κ1) is 24.9. The van der Waals surface area contributed by atoms with E-state index >= 15 is 0 Å². The number of nitrogen functional groups attached to an aromatic ring is 1. The molecule has 8 N–H and O–H groups in total. The smallest absolute Gasteiger partial charge is 0.346 e. The number of aromatic amines is 1. The number of aromatic nitrogens is 2. The molecule has 0 fully saturated rings. The lowest BCUT2D eigenvalue weighted by Crippen LogP contribution is -2.40. The summed E-state index contributed by atoms with van der Waals surface area (Å²) in [5.74, 6) is -0.355. The number of nitrogens with two attached hydrogens (primary N) is 1. The summed E-state index contributed by atoms with van der Waals surface area (Å²) in [4.78, 5) is 35.4. The molecule has 0 radical (unpaired) electrons. The molecule has 0 spiro atoms. The van der Waals surface area contributed by atoms with Gasteiger partial charge in [-0.15, -0.1) is 0 Å². The van der Waals surface area contributed by atoms with E-state index in [1.54, 1.807) is 0 Å². The molecule has 0 bridgehead atoms. The van der Waals surface area contributed by atoms with Crippen molar-refractivity contribution in [3.05, 3.63) is 22.7 Å². The highest BCUT2D eigenvalue weighted by Gasteiger charge is 2.22. The number of H-pyrrole nitrogens is 1. The van der Waals surface area contributed by atoms with Crippen molar-refractivity contribution in [3.8, 4) is 0 Å². The fourth-order valence-corrected chi connectivity index (χ4v) is 1.13. The molecule has 3 atom stereocenters. The van der Waals surface area contributed by atoms with Gasteiger partial charge in [-0.3, -0.25) is 9.78 Å². The summed E-state index contributed by atoms with van der Waals surface area (Å²) in [6, 6.07) is 1.52. The molecule has 11 heteroatoms. The van der Waals surface area contributed by atoms with Crippen LogP contribution in [0.25, 0.3) is 0 Å². The summed E-state index contributed by atoms with van der Waals surface area (Å²) in [6.07, 6.45) is -1.19. The lowest BCUT2D eigenvalue weighted by Gasteiger charge is -2.16. The number of nitrogens with one attached hydrogen (secondary N) is 1. The Labute approximate surface area is 143 Å². The zero-order valence-corrected chi connectivity index (χ0v) is 13.8. The average molecular weight is 363 g/mol. The van der Waals surface area contributed by atoms with E-state index in [0.29, 0.717) is 12.2 Å². The molecule has 0 aliphatic rings. The van der Waals surface area contributed by atoms with Gasteiger partial charge in [0.15, 0.2) is 6.29 Å². The maximum absolute atomic E-state index is 10.2. The van der Waals surface area contributed by atoms with E-state index in [1.807, 2.05) is 6.92 Å². The zero-order valence-electron chi connectivity index (χ0n) is 13.8. The highest BCUT2D eigenvalue weighted by molar-refractivity contribution is 5.66. The van der Waals surface area contributed by atoms with E-state index in [2.05, 4.69) is 9.97 Å². The van der Waals surface area contributed by atoms with Crippen LogP contribution in [-0.2, 0) is 9.59 Å². The quantitative estimate of drug-likeness (QED) is 0.262. The minimum atomic E-state index is -1.64. The van der Waals surface area contributed by atoms with Crippen LogP contribution in [0.4, 0.5) is 5.82 Å². The van der Waals surface area contributed by atoms with Crippen LogP contribution in [0.1, 0.15) is 26.2 Å². The van der Waals surface area contributed by atoms with Crippen LogP contribution in [0.3, 0.4) is 0 Å². The van der Waals surface area contributed by atoms with Crippen molar-refractivity contribution < 1.29 is 35.1 Å². The van der Waals surface area contributed by atoms with Crippen molar-refractivity contribution in [2.45, 2.75) is 44.5 Å². The van der Waals surface area contributed by atoms with Gasteiger partial charge in [0.25, 0.3) is 0 Å². The second-order valence-corrected chi connectivity index (χ2v) is 4.69. The van der Waals surface area contributed by atoms with E-state index < -0.39 is 36.6 Å². The number of carbonyl (C=O) groups excluding carboxylic acids is 1. The van der Waals surface area contributed by atoms with Crippen molar-refractivity contribution in [2.24, 2.45) is 0 Å². The minimum Gasteiger partial charge on any atom is -0.481 e. The summed E-state index contributed by atoms with van der Waals surface area (Å²) >= 11 is 0. The van der Waals surface area contributed by atoms with Gasteiger partial charge < -0.3 is 36.1 Å². The van der Waals surface area contributed by atoms with Gasteiger partial charge in [-0.05, 0) is 12.5 Å². The maximum Gasteiger partial charge on any atom is 0.346 e. The number of aldehydes is 1. The molecule has 11 nitrogen and oxygen atoms in total. The highest BCUT2D eigenvalue weighted by Crippen LogP contribution is 1.96. The van der Waals surface area contributed by atoms with E-state index in [0.717, 1.165) is 12.8 Å². The van der Waals surface area contributed by atoms with E-state index in [1.165, 1.54) is 12.3 Å². The summed E-state index contributed by atoms with van der Waals surface area (Å²) in [5, 5.41) is 42.1. The van der Waals surface area contributed by atoms with Gasteiger partial charge in [0.2, 0.25) is 0 Å². The Morgan fingerprint density at radius 2 is 2.00 bits per heavy atom. The van der Waals surface area contributed by atoms with Crippen molar-refractivity contribution in [1.29, 1.82) is 0 Å². The van der Waals surface area contributed by atoms with Crippen LogP contribution in [-0.4, -0.2) is 72.7 Å². The first-order valence-electron chi connectivity index (χ1n) is 7.32. The molecule has 0 aliphatic carbocycles. The molecule has 0 saturated carbocycles. The number of unbranched alkanes of at least 4 members (excludes halogenated alkanes) is 1. The number of carboxylic acid groups (broad SMARTS) is 1. The summed E-state index contributed by atoms with van der Waals surface area (Å²) in [7, 11) is 0. The monoisotopic (exact) mass is 363 g/mol. The summed E-state index contributed by atoms with van der Waals surface area (Å²) < 4.78 is 0. The summed E-state index contributed by atoms with van der Waals surface area (Å²) in [5.41, 5.74) is 4.75. The van der Waals surface area contributed by atoms with E-state index in [-0.39, 0.29) is 6.29 Å². The first-order valence-corrected chi connectivity index (χ1v) is 7.32. The van der Waals surface area contributed by atoms with Crippen molar-refractivity contribution >= 4 is 18.1 Å². The van der Waals surface area contributed by atoms with Crippen molar-refractivity contribution in [3.63, 3.8) is 0 Å². The normalized spacial score (nSPS) is 13.2. The number of aliphatic carboxylic acids is 1. The van der Waals surface area contributed by atoms with Gasteiger partial charge in [-0.1, -0.05) is 13.3 Å². The minimum absolute atomic E-state index is 0.0869. The largest absolute Gasteiger partial charge is 0.481 e. The van der Waals surface area contributed by atoms with Crippen LogP contribution < -0.4 is 11.4 Å². The highest BCUT2D eigenvalue weighted by atomic mass is 16.4.